The first-order chi connectivity index (χ1) is 13.5. The lowest BCUT2D eigenvalue weighted by Crippen LogP contribution is -2.31. The van der Waals surface area contributed by atoms with Gasteiger partial charge in [0.1, 0.15) is 5.56 Å². The fraction of sp³-hybridized carbons (Fsp3) is 0.273. The van der Waals surface area contributed by atoms with Crippen molar-refractivity contribution in [1.82, 2.24) is 9.88 Å². The van der Waals surface area contributed by atoms with Crippen molar-refractivity contribution in [1.29, 1.82) is 0 Å². The van der Waals surface area contributed by atoms with Crippen LogP contribution in [0.25, 0.3) is 10.9 Å². The number of benzene rings is 2. The van der Waals surface area contributed by atoms with Crippen molar-refractivity contribution in [3.8, 4) is 11.5 Å². The number of nitrogens with one attached hydrogen (secondary N) is 1. The molecule has 6 heteroatoms. The maximum Gasteiger partial charge on any atom is 0.257 e. The lowest BCUT2D eigenvalue weighted by atomic mass is 10.1. The zero-order valence-electron chi connectivity index (χ0n) is 16.1. The smallest absolute Gasteiger partial charge is 0.257 e. The summed E-state index contributed by atoms with van der Waals surface area (Å²) in [5, 5.41) is 3.53. The number of para-hydroxylation sites is 1. The maximum absolute atomic E-state index is 12.9. The van der Waals surface area contributed by atoms with E-state index in [1.54, 1.807) is 32.5 Å². The monoisotopic (exact) mass is 378 g/mol. The maximum atomic E-state index is 12.9. The third-order valence-corrected chi connectivity index (χ3v) is 5.30. The van der Waals surface area contributed by atoms with Crippen molar-refractivity contribution in [2.75, 3.05) is 14.2 Å². The molecule has 28 heavy (non-hydrogen) atoms. The third-order valence-electron chi connectivity index (χ3n) is 5.30. The van der Waals surface area contributed by atoms with E-state index in [1.165, 1.54) is 0 Å². The zero-order valence-corrected chi connectivity index (χ0v) is 16.1. The van der Waals surface area contributed by atoms with Crippen LogP contribution in [0.2, 0.25) is 0 Å². The molecule has 0 saturated heterocycles. The van der Waals surface area contributed by atoms with Gasteiger partial charge in [0, 0.05) is 18.1 Å². The fourth-order valence-corrected chi connectivity index (χ4v) is 3.80. The summed E-state index contributed by atoms with van der Waals surface area (Å²) in [7, 11) is 3.14. The third kappa shape index (κ3) is 2.91. The van der Waals surface area contributed by atoms with Crippen molar-refractivity contribution >= 4 is 16.8 Å². The van der Waals surface area contributed by atoms with E-state index < -0.39 is 0 Å². The molecule has 0 spiro atoms. The first kappa shape index (κ1) is 18.1. The van der Waals surface area contributed by atoms with Gasteiger partial charge < -0.3 is 19.4 Å². The Hall–Kier alpha value is -3.28. The van der Waals surface area contributed by atoms with Crippen LogP contribution in [0.3, 0.4) is 0 Å². The Morgan fingerprint density at radius 1 is 1.14 bits per heavy atom. The van der Waals surface area contributed by atoms with Crippen molar-refractivity contribution < 1.29 is 14.3 Å². The summed E-state index contributed by atoms with van der Waals surface area (Å²) in [6, 6.07) is 10.9. The van der Waals surface area contributed by atoms with Gasteiger partial charge in [-0.2, -0.15) is 0 Å². The standard InChI is InChI=1S/C22H22N2O4/c1-13(15-7-8-18(27-2)19(11-15)28-3)23-22(26)17-12-24-10-9-14-5-4-6-16(20(14)24)21(17)25/h4-8,11-13H,9-10H2,1-3H3,(H,23,26). The Balaban J connectivity index is 1.65. The molecule has 1 N–H and O–H groups in total. The molecule has 144 valence electrons. The van der Waals surface area contributed by atoms with E-state index in [1.807, 2.05) is 35.8 Å². The number of hydrogen-bond donors (Lipinski definition) is 1. The van der Waals surface area contributed by atoms with E-state index in [0.29, 0.717) is 16.9 Å². The van der Waals surface area contributed by atoms with Crippen LogP contribution >= 0.6 is 0 Å². The van der Waals surface area contributed by atoms with E-state index in [-0.39, 0.29) is 22.9 Å². The average Bonchev–Trinajstić information content (AvgIpc) is 3.13. The second kappa shape index (κ2) is 7.03. The number of aryl methyl sites for hydroxylation is 2. The van der Waals surface area contributed by atoms with E-state index in [4.69, 9.17) is 9.47 Å². The molecule has 2 aromatic carbocycles. The van der Waals surface area contributed by atoms with Crippen LogP contribution in [0.1, 0.15) is 34.5 Å². The first-order valence-electron chi connectivity index (χ1n) is 9.21. The average molecular weight is 378 g/mol. The van der Waals surface area contributed by atoms with Crippen molar-refractivity contribution in [2.24, 2.45) is 0 Å². The predicted octanol–water partition coefficient (Wildman–Crippen LogP) is 3.07. The lowest BCUT2D eigenvalue weighted by Gasteiger charge is -2.17. The minimum absolute atomic E-state index is 0.166. The quantitative estimate of drug-likeness (QED) is 0.741. The number of carbonyl (C=O) groups is 1. The minimum Gasteiger partial charge on any atom is -0.493 e. The normalized spacial score (nSPS) is 13.4. The van der Waals surface area contributed by atoms with Gasteiger partial charge in [-0.25, -0.2) is 0 Å². The highest BCUT2D eigenvalue weighted by Gasteiger charge is 2.21. The highest BCUT2D eigenvalue weighted by atomic mass is 16.5. The molecule has 1 atom stereocenters. The predicted molar refractivity (Wildman–Crippen MR) is 107 cm³/mol. The molecular weight excluding hydrogens is 356 g/mol. The summed E-state index contributed by atoms with van der Waals surface area (Å²) in [6.45, 7) is 2.65. The Labute approximate surface area is 162 Å². The Bertz CT molecular complexity index is 1130. The summed E-state index contributed by atoms with van der Waals surface area (Å²) in [6.07, 6.45) is 2.56. The molecule has 1 aromatic heterocycles. The van der Waals surface area contributed by atoms with Crippen LogP contribution in [0.4, 0.5) is 0 Å². The molecule has 1 unspecified atom stereocenters. The summed E-state index contributed by atoms with van der Waals surface area (Å²) in [4.78, 5) is 25.8. The van der Waals surface area contributed by atoms with E-state index in [9.17, 15) is 9.59 Å². The number of nitrogens with zero attached hydrogens (tertiary/aromatic N) is 1. The molecule has 1 aliphatic heterocycles. The highest BCUT2D eigenvalue weighted by molar-refractivity contribution is 5.98. The molecule has 3 aromatic rings. The number of carbonyl (C=O) groups excluding carboxylic acids is 1. The number of hydrogen-bond acceptors (Lipinski definition) is 4. The Morgan fingerprint density at radius 2 is 1.93 bits per heavy atom. The van der Waals surface area contributed by atoms with Crippen molar-refractivity contribution in [2.45, 2.75) is 25.9 Å². The SMILES string of the molecule is COc1ccc(C(C)NC(=O)c2cn3c4c(cccc4c2=O)CC3)cc1OC. The molecule has 0 fully saturated rings. The number of methoxy groups -OCH3 is 2. The molecule has 0 aliphatic carbocycles. The largest absolute Gasteiger partial charge is 0.493 e. The van der Waals surface area contributed by atoms with Crippen LogP contribution in [0.15, 0.2) is 47.4 Å². The molecule has 1 aliphatic rings. The number of pyridine rings is 1. The van der Waals surface area contributed by atoms with Gasteiger partial charge in [-0.05, 0) is 42.7 Å². The summed E-state index contributed by atoms with van der Waals surface area (Å²) >= 11 is 0. The summed E-state index contributed by atoms with van der Waals surface area (Å²) in [5.41, 5.74) is 2.89. The molecular formula is C22H22N2O4. The summed E-state index contributed by atoms with van der Waals surface area (Å²) < 4.78 is 12.6. The van der Waals surface area contributed by atoms with Crippen LogP contribution in [0, 0.1) is 0 Å². The van der Waals surface area contributed by atoms with Gasteiger partial charge in [-0.3, -0.25) is 9.59 Å². The van der Waals surface area contributed by atoms with Crippen LogP contribution in [-0.4, -0.2) is 24.7 Å². The van der Waals surface area contributed by atoms with Gasteiger partial charge in [0.05, 0.1) is 25.8 Å². The van der Waals surface area contributed by atoms with Gasteiger partial charge in [-0.15, -0.1) is 0 Å². The van der Waals surface area contributed by atoms with Gasteiger partial charge in [0.15, 0.2) is 11.5 Å². The molecule has 1 amide bonds. The topological polar surface area (TPSA) is 69.6 Å². The Morgan fingerprint density at radius 3 is 2.68 bits per heavy atom. The van der Waals surface area contributed by atoms with E-state index in [0.717, 1.165) is 29.6 Å². The number of rotatable bonds is 5. The Kier molecular flexibility index (Phi) is 4.55. The van der Waals surface area contributed by atoms with Gasteiger partial charge in [0.25, 0.3) is 5.91 Å². The second-order valence-corrected chi connectivity index (χ2v) is 6.94. The van der Waals surface area contributed by atoms with Gasteiger partial charge >= 0.3 is 0 Å². The van der Waals surface area contributed by atoms with Crippen LogP contribution in [0.5, 0.6) is 11.5 Å². The first-order valence-corrected chi connectivity index (χ1v) is 9.21. The minimum atomic E-state index is -0.379. The zero-order chi connectivity index (χ0) is 19.8. The van der Waals surface area contributed by atoms with Crippen LogP contribution in [-0.2, 0) is 13.0 Å². The fourth-order valence-electron chi connectivity index (χ4n) is 3.80. The van der Waals surface area contributed by atoms with E-state index >= 15 is 0 Å². The molecule has 2 heterocycles. The summed E-state index contributed by atoms with van der Waals surface area (Å²) in [5.74, 6) is 0.833. The molecule has 0 saturated carbocycles. The highest BCUT2D eigenvalue weighted by Crippen LogP contribution is 2.30. The second-order valence-electron chi connectivity index (χ2n) is 6.94. The molecule has 6 nitrogen and oxygen atoms in total. The van der Waals surface area contributed by atoms with E-state index in [2.05, 4.69) is 5.32 Å². The van der Waals surface area contributed by atoms with Gasteiger partial charge in [-0.1, -0.05) is 18.2 Å². The number of aromatic nitrogens is 1. The molecule has 0 bridgehead atoms. The van der Waals surface area contributed by atoms with Crippen molar-refractivity contribution in [3.63, 3.8) is 0 Å². The van der Waals surface area contributed by atoms with Crippen molar-refractivity contribution in [3.05, 3.63) is 69.5 Å². The van der Waals surface area contributed by atoms with Crippen LogP contribution < -0.4 is 20.2 Å². The lowest BCUT2D eigenvalue weighted by molar-refractivity contribution is 0.0938. The number of amides is 1. The molecule has 0 radical (unpaired) electrons. The number of ether oxygens (including phenoxy) is 2. The van der Waals surface area contributed by atoms with Gasteiger partial charge in [0.2, 0.25) is 5.43 Å². The molecule has 4 rings (SSSR count).